The molecule has 2 atom stereocenters. The van der Waals surface area contributed by atoms with E-state index in [4.69, 9.17) is 15.2 Å². The third kappa shape index (κ3) is 3.21. The first kappa shape index (κ1) is 13.0. The monoisotopic (exact) mass is 243 g/mol. The summed E-state index contributed by atoms with van der Waals surface area (Å²) in [5.41, 5.74) is 6.78. The number of nitrogens with two attached hydrogens (primary N) is 1. The molecule has 0 aromatic heterocycles. The van der Waals surface area contributed by atoms with E-state index < -0.39 is 10.8 Å². The predicted molar refractivity (Wildman–Crippen MR) is 65.4 cm³/mol. The Hall–Kier alpha value is -1.07. The van der Waals surface area contributed by atoms with E-state index in [9.17, 15) is 4.21 Å². The van der Waals surface area contributed by atoms with Gasteiger partial charge in [-0.05, 0) is 18.2 Å². The molecule has 2 unspecified atom stereocenters. The Balaban J connectivity index is 3.02. The molecule has 0 bridgehead atoms. The predicted octanol–water partition coefficient (Wildman–Crippen LogP) is 1.08. The fourth-order valence-corrected chi connectivity index (χ4v) is 2.16. The van der Waals surface area contributed by atoms with Crippen LogP contribution in [0.5, 0.6) is 11.5 Å². The van der Waals surface area contributed by atoms with Crippen molar-refractivity contribution in [1.29, 1.82) is 0 Å². The zero-order valence-electron chi connectivity index (χ0n) is 9.73. The Kier molecular flexibility index (Phi) is 4.76. The van der Waals surface area contributed by atoms with Gasteiger partial charge < -0.3 is 15.2 Å². The molecule has 0 saturated carbocycles. The Labute approximate surface area is 98.2 Å². The van der Waals surface area contributed by atoms with E-state index in [2.05, 4.69) is 0 Å². The van der Waals surface area contributed by atoms with Crippen molar-refractivity contribution in [3.8, 4) is 11.5 Å². The molecule has 0 spiro atoms. The summed E-state index contributed by atoms with van der Waals surface area (Å²) in [7, 11) is 2.24. The van der Waals surface area contributed by atoms with Crippen LogP contribution in [0.3, 0.4) is 0 Å². The van der Waals surface area contributed by atoms with Crippen molar-refractivity contribution >= 4 is 10.8 Å². The number of methoxy groups -OCH3 is 2. The van der Waals surface area contributed by atoms with Gasteiger partial charge in [-0.15, -0.1) is 0 Å². The van der Waals surface area contributed by atoms with Crippen molar-refractivity contribution in [2.24, 2.45) is 5.73 Å². The van der Waals surface area contributed by atoms with Crippen LogP contribution in [0.4, 0.5) is 0 Å². The molecule has 0 radical (unpaired) electrons. The fraction of sp³-hybridized carbons (Fsp3) is 0.455. The van der Waals surface area contributed by atoms with Gasteiger partial charge >= 0.3 is 0 Å². The summed E-state index contributed by atoms with van der Waals surface area (Å²) in [5.74, 6) is 1.82. The van der Waals surface area contributed by atoms with Crippen molar-refractivity contribution in [2.75, 3.05) is 26.2 Å². The molecule has 2 N–H and O–H groups in total. The second-order valence-corrected chi connectivity index (χ2v) is 4.93. The summed E-state index contributed by atoms with van der Waals surface area (Å²) in [6, 6.07) is 5.11. The van der Waals surface area contributed by atoms with Crippen molar-refractivity contribution in [3.05, 3.63) is 23.8 Å². The molecule has 0 aliphatic heterocycles. The second-order valence-electron chi connectivity index (χ2n) is 3.45. The van der Waals surface area contributed by atoms with Gasteiger partial charge in [0.2, 0.25) is 0 Å². The van der Waals surface area contributed by atoms with Crippen molar-refractivity contribution in [1.82, 2.24) is 0 Å². The van der Waals surface area contributed by atoms with E-state index in [0.717, 1.165) is 5.56 Å². The number of hydrogen-bond donors (Lipinski definition) is 1. The lowest BCUT2D eigenvalue weighted by molar-refractivity contribution is 0.396. The highest BCUT2D eigenvalue weighted by Gasteiger charge is 2.14. The lowest BCUT2D eigenvalue weighted by atomic mass is 10.1. The van der Waals surface area contributed by atoms with Crippen LogP contribution in [0.2, 0.25) is 0 Å². The zero-order chi connectivity index (χ0) is 12.1. The van der Waals surface area contributed by atoms with E-state index in [-0.39, 0.29) is 6.04 Å². The highest BCUT2D eigenvalue weighted by molar-refractivity contribution is 7.84. The molecular weight excluding hydrogens is 226 g/mol. The number of hydrogen-bond acceptors (Lipinski definition) is 4. The summed E-state index contributed by atoms with van der Waals surface area (Å²) < 4.78 is 21.5. The summed E-state index contributed by atoms with van der Waals surface area (Å²) in [6.07, 6.45) is 1.63. The first-order chi connectivity index (χ1) is 7.58. The minimum absolute atomic E-state index is 0.309. The van der Waals surface area contributed by atoms with E-state index >= 15 is 0 Å². The molecule has 0 amide bonds. The minimum Gasteiger partial charge on any atom is -0.497 e. The first-order valence-corrected chi connectivity index (χ1v) is 6.58. The van der Waals surface area contributed by atoms with Crippen LogP contribution in [0.25, 0.3) is 0 Å². The third-order valence-corrected chi connectivity index (χ3v) is 3.08. The van der Waals surface area contributed by atoms with Gasteiger partial charge in [-0.3, -0.25) is 4.21 Å². The second kappa shape index (κ2) is 5.86. The summed E-state index contributed by atoms with van der Waals surface area (Å²) in [5, 5.41) is 0. The third-order valence-electron chi connectivity index (χ3n) is 2.25. The lowest BCUT2D eigenvalue weighted by Gasteiger charge is -2.15. The fourth-order valence-electron chi connectivity index (χ4n) is 1.47. The Bertz CT molecular complexity index is 381. The Morgan fingerprint density at radius 2 is 2.06 bits per heavy atom. The molecule has 0 aliphatic rings. The number of ether oxygens (including phenoxy) is 2. The van der Waals surface area contributed by atoms with Crippen LogP contribution in [0.15, 0.2) is 18.2 Å². The molecule has 1 aromatic rings. The molecule has 0 aliphatic carbocycles. The van der Waals surface area contributed by atoms with Crippen LogP contribution in [-0.4, -0.2) is 30.4 Å². The average Bonchev–Trinajstić information content (AvgIpc) is 2.27. The van der Waals surface area contributed by atoms with Gasteiger partial charge in [-0.1, -0.05) is 0 Å². The van der Waals surface area contributed by atoms with Gasteiger partial charge in [0.25, 0.3) is 0 Å². The number of rotatable bonds is 5. The van der Waals surface area contributed by atoms with Crippen LogP contribution >= 0.6 is 0 Å². The smallest absolute Gasteiger partial charge is 0.123 e. The molecule has 1 rings (SSSR count). The van der Waals surface area contributed by atoms with Crippen LogP contribution in [0, 0.1) is 0 Å². The average molecular weight is 243 g/mol. The van der Waals surface area contributed by atoms with E-state index in [0.29, 0.717) is 17.3 Å². The summed E-state index contributed by atoms with van der Waals surface area (Å²) >= 11 is 0. The quantitative estimate of drug-likeness (QED) is 0.840. The Morgan fingerprint density at radius 3 is 2.56 bits per heavy atom. The van der Waals surface area contributed by atoms with Gasteiger partial charge in [-0.2, -0.15) is 0 Å². The molecule has 0 heterocycles. The van der Waals surface area contributed by atoms with Crippen molar-refractivity contribution < 1.29 is 13.7 Å². The van der Waals surface area contributed by atoms with E-state index in [1.165, 1.54) is 0 Å². The van der Waals surface area contributed by atoms with E-state index in [1.54, 1.807) is 32.6 Å². The Morgan fingerprint density at radius 1 is 1.38 bits per heavy atom. The molecule has 90 valence electrons. The van der Waals surface area contributed by atoms with Crippen LogP contribution < -0.4 is 15.2 Å². The maximum absolute atomic E-state index is 11.1. The van der Waals surface area contributed by atoms with E-state index in [1.807, 2.05) is 6.07 Å². The highest BCUT2D eigenvalue weighted by atomic mass is 32.2. The highest BCUT2D eigenvalue weighted by Crippen LogP contribution is 2.28. The molecule has 0 saturated heterocycles. The standard InChI is InChI=1S/C11H17NO3S/c1-14-8-4-5-11(15-2)9(6-8)10(12)7-16(3)13/h4-6,10H,7,12H2,1-3H3. The normalized spacial score (nSPS) is 14.2. The summed E-state index contributed by atoms with van der Waals surface area (Å²) in [6.45, 7) is 0. The molecule has 5 heteroatoms. The minimum atomic E-state index is -0.936. The summed E-state index contributed by atoms with van der Waals surface area (Å²) in [4.78, 5) is 0. The van der Waals surface area contributed by atoms with Crippen molar-refractivity contribution in [3.63, 3.8) is 0 Å². The lowest BCUT2D eigenvalue weighted by Crippen LogP contribution is -2.18. The number of benzene rings is 1. The van der Waals surface area contributed by atoms with Gasteiger partial charge in [0.1, 0.15) is 11.5 Å². The van der Waals surface area contributed by atoms with Gasteiger partial charge in [0.05, 0.1) is 14.2 Å². The maximum atomic E-state index is 11.1. The maximum Gasteiger partial charge on any atom is 0.123 e. The SMILES string of the molecule is COc1ccc(OC)c(C(N)CS(C)=O)c1. The van der Waals surface area contributed by atoms with Crippen LogP contribution in [-0.2, 0) is 10.8 Å². The van der Waals surface area contributed by atoms with Crippen molar-refractivity contribution in [2.45, 2.75) is 6.04 Å². The van der Waals surface area contributed by atoms with Gasteiger partial charge in [0, 0.05) is 34.4 Å². The molecule has 1 aromatic carbocycles. The topological polar surface area (TPSA) is 61.6 Å². The largest absolute Gasteiger partial charge is 0.497 e. The molecular formula is C11H17NO3S. The molecule has 0 fully saturated rings. The first-order valence-electron chi connectivity index (χ1n) is 4.86. The van der Waals surface area contributed by atoms with Gasteiger partial charge in [-0.25, -0.2) is 0 Å². The van der Waals surface area contributed by atoms with Gasteiger partial charge in [0.15, 0.2) is 0 Å². The zero-order valence-corrected chi connectivity index (χ0v) is 10.5. The molecule has 16 heavy (non-hydrogen) atoms. The van der Waals surface area contributed by atoms with Crippen LogP contribution in [0.1, 0.15) is 11.6 Å². The molecule has 4 nitrogen and oxygen atoms in total.